The summed E-state index contributed by atoms with van der Waals surface area (Å²) >= 11 is 1.73. The van der Waals surface area contributed by atoms with Crippen molar-refractivity contribution in [3.63, 3.8) is 0 Å². The van der Waals surface area contributed by atoms with Gasteiger partial charge < -0.3 is 4.74 Å². The molecule has 0 amide bonds. The Hall–Kier alpha value is -1.48. The van der Waals surface area contributed by atoms with E-state index in [-0.39, 0.29) is 5.97 Å². The number of ether oxygens (including phenoxy) is 1. The van der Waals surface area contributed by atoms with Gasteiger partial charge in [0.1, 0.15) is 0 Å². The molecule has 2 nitrogen and oxygen atoms in total. The maximum Gasteiger partial charge on any atom is 0.333 e. The highest BCUT2D eigenvalue weighted by Gasteiger charge is 2.14. The topological polar surface area (TPSA) is 26.3 Å². The molecule has 1 aromatic carbocycles. The van der Waals surface area contributed by atoms with Crippen LogP contribution in [-0.4, -0.2) is 13.1 Å². The van der Waals surface area contributed by atoms with Gasteiger partial charge in [0, 0.05) is 10.5 Å². The van der Waals surface area contributed by atoms with Gasteiger partial charge in [-0.05, 0) is 49.1 Å². The Bertz CT molecular complexity index is 503. The van der Waals surface area contributed by atoms with Crippen LogP contribution in [0.5, 0.6) is 0 Å². The molecule has 0 aliphatic rings. The highest BCUT2D eigenvalue weighted by atomic mass is 32.2. The zero-order valence-corrected chi connectivity index (χ0v) is 14.7. The van der Waals surface area contributed by atoms with E-state index in [2.05, 4.69) is 37.5 Å². The van der Waals surface area contributed by atoms with Crippen LogP contribution >= 0.6 is 11.8 Å². The molecular formula is C19H26O2S. The van der Waals surface area contributed by atoms with Gasteiger partial charge in [0.25, 0.3) is 0 Å². The number of allylic oxidation sites excluding steroid dienone is 2. The SMILES string of the molecule is C/C=C(/CC[C@H](/C=C/Sc1ccccc1)C(C)C)C(=O)OC. The third-order valence-corrected chi connectivity index (χ3v) is 4.51. The van der Waals surface area contributed by atoms with Crippen molar-refractivity contribution in [3.8, 4) is 0 Å². The van der Waals surface area contributed by atoms with Crippen LogP contribution in [0.25, 0.3) is 0 Å². The normalized spacial score (nSPS) is 13.6. The van der Waals surface area contributed by atoms with Crippen LogP contribution in [0.4, 0.5) is 0 Å². The molecule has 0 heterocycles. The average molecular weight is 318 g/mol. The van der Waals surface area contributed by atoms with E-state index in [4.69, 9.17) is 4.74 Å². The molecule has 0 aromatic heterocycles. The number of esters is 1. The molecule has 1 atom stereocenters. The molecule has 22 heavy (non-hydrogen) atoms. The van der Waals surface area contributed by atoms with E-state index in [1.54, 1.807) is 11.8 Å². The van der Waals surface area contributed by atoms with Gasteiger partial charge in [-0.1, -0.05) is 56.0 Å². The minimum absolute atomic E-state index is 0.215. The fraction of sp³-hybridized carbons (Fsp3) is 0.421. The lowest BCUT2D eigenvalue weighted by molar-refractivity contribution is -0.136. The Labute approximate surface area is 138 Å². The molecule has 0 spiro atoms. The molecule has 1 rings (SSSR count). The number of thioether (sulfide) groups is 1. The summed E-state index contributed by atoms with van der Waals surface area (Å²) in [6, 6.07) is 10.3. The van der Waals surface area contributed by atoms with E-state index >= 15 is 0 Å². The monoisotopic (exact) mass is 318 g/mol. The second kappa shape index (κ2) is 10.3. The fourth-order valence-electron chi connectivity index (χ4n) is 2.19. The molecule has 0 aliphatic heterocycles. The molecule has 1 aromatic rings. The van der Waals surface area contributed by atoms with Crippen molar-refractivity contribution in [1.82, 2.24) is 0 Å². The highest BCUT2D eigenvalue weighted by molar-refractivity contribution is 8.02. The zero-order chi connectivity index (χ0) is 16.4. The molecule has 0 unspecified atom stereocenters. The van der Waals surface area contributed by atoms with Gasteiger partial charge >= 0.3 is 5.97 Å². The molecule has 3 heteroatoms. The molecule has 0 saturated heterocycles. The van der Waals surface area contributed by atoms with Gasteiger partial charge in [-0.2, -0.15) is 0 Å². The molecular weight excluding hydrogens is 292 g/mol. The third kappa shape index (κ3) is 6.52. The van der Waals surface area contributed by atoms with Gasteiger partial charge in [-0.3, -0.25) is 0 Å². The standard InChI is InChI=1S/C19H26O2S/c1-5-16(19(20)21-4)11-12-17(15(2)3)13-14-22-18-9-7-6-8-10-18/h5-10,13-15,17H,11-12H2,1-4H3/b14-13+,16-5-/t17-/m1/s1. The van der Waals surface area contributed by atoms with Crippen molar-refractivity contribution in [2.45, 2.75) is 38.5 Å². The smallest absolute Gasteiger partial charge is 0.333 e. The highest BCUT2D eigenvalue weighted by Crippen LogP contribution is 2.25. The molecule has 120 valence electrons. The summed E-state index contributed by atoms with van der Waals surface area (Å²) in [6.45, 7) is 6.32. The summed E-state index contributed by atoms with van der Waals surface area (Å²) < 4.78 is 4.81. The van der Waals surface area contributed by atoms with Crippen LogP contribution in [-0.2, 0) is 9.53 Å². The number of methoxy groups -OCH3 is 1. The number of carbonyl (C=O) groups is 1. The number of rotatable bonds is 8. The first-order valence-corrected chi connectivity index (χ1v) is 8.58. The minimum Gasteiger partial charge on any atom is -0.466 e. The van der Waals surface area contributed by atoms with Crippen LogP contribution < -0.4 is 0 Å². The molecule has 0 aliphatic carbocycles. The van der Waals surface area contributed by atoms with Crippen LogP contribution in [0.1, 0.15) is 33.6 Å². The summed E-state index contributed by atoms with van der Waals surface area (Å²) in [4.78, 5) is 12.9. The van der Waals surface area contributed by atoms with Crippen molar-refractivity contribution < 1.29 is 9.53 Å². The Morgan fingerprint density at radius 2 is 1.95 bits per heavy atom. The Balaban J connectivity index is 2.57. The predicted octanol–water partition coefficient (Wildman–Crippen LogP) is 5.46. The lowest BCUT2D eigenvalue weighted by Crippen LogP contribution is -2.10. The molecule has 0 bridgehead atoms. The summed E-state index contributed by atoms with van der Waals surface area (Å²) in [7, 11) is 1.43. The summed E-state index contributed by atoms with van der Waals surface area (Å²) in [5, 5.41) is 2.16. The third-order valence-electron chi connectivity index (χ3n) is 3.67. The summed E-state index contributed by atoms with van der Waals surface area (Å²) in [5.74, 6) is 0.784. The number of hydrogen-bond acceptors (Lipinski definition) is 3. The van der Waals surface area contributed by atoms with E-state index in [0.717, 1.165) is 18.4 Å². The number of benzene rings is 1. The predicted molar refractivity (Wildman–Crippen MR) is 94.8 cm³/mol. The summed E-state index contributed by atoms with van der Waals surface area (Å²) in [6.07, 6.45) is 5.82. The van der Waals surface area contributed by atoms with Gasteiger partial charge in [0.05, 0.1) is 7.11 Å². The van der Waals surface area contributed by atoms with Crippen molar-refractivity contribution in [1.29, 1.82) is 0 Å². The van der Waals surface area contributed by atoms with Crippen LogP contribution in [0.3, 0.4) is 0 Å². The fourth-order valence-corrected chi connectivity index (χ4v) is 2.94. The Morgan fingerprint density at radius 1 is 1.27 bits per heavy atom. The van der Waals surface area contributed by atoms with E-state index in [9.17, 15) is 4.79 Å². The van der Waals surface area contributed by atoms with Crippen LogP contribution in [0.15, 0.2) is 58.4 Å². The minimum atomic E-state index is -0.215. The van der Waals surface area contributed by atoms with E-state index in [1.807, 2.05) is 31.2 Å². The first kappa shape index (κ1) is 18.6. The number of hydrogen-bond donors (Lipinski definition) is 0. The van der Waals surface area contributed by atoms with Crippen LogP contribution in [0.2, 0.25) is 0 Å². The average Bonchev–Trinajstić information content (AvgIpc) is 2.54. The van der Waals surface area contributed by atoms with Crippen molar-refractivity contribution in [2.75, 3.05) is 7.11 Å². The largest absolute Gasteiger partial charge is 0.466 e. The quantitative estimate of drug-likeness (QED) is 0.361. The van der Waals surface area contributed by atoms with E-state index in [0.29, 0.717) is 11.8 Å². The Kier molecular flexibility index (Phi) is 8.68. The van der Waals surface area contributed by atoms with Crippen molar-refractivity contribution >= 4 is 17.7 Å². The van der Waals surface area contributed by atoms with Crippen molar-refractivity contribution in [3.05, 3.63) is 53.5 Å². The lowest BCUT2D eigenvalue weighted by Gasteiger charge is -2.17. The van der Waals surface area contributed by atoms with Gasteiger partial charge in [0.2, 0.25) is 0 Å². The maximum absolute atomic E-state index is 11.6. The van der Waals surface area contributed by atoms with E-state index < -0.39 is 0 Å². The molecule has 0 fully saturated rings. The molecule has 0 radical (unpaired) electrons. The Morgan fingerprint density at radius 3 is 2.50 bits per heavy atom. The summed E-state index contributed by atoms with van der Waals surface area (Å²) in [5.41, 5.74) is 0.761. The van der Waals surface area contributed by atoms with E-state index in [1.165, 1.54) is 12.0 Å². The number of carbonyl (C=O) groups excluding carboxylic acids is 1. The lowest BCUT2D eigenvalue weighted by atomic mass is 9.89. The van der Waals surface area contributed by atoms with Gasteiger partial charge in [0.15, 0.2) is 0 Å². The maximum atomic E-state index is 11.6. The zero-order valence-electron chi connectivity index (χ0n) is 13.9. The molecule has 0 saturated carbocycles. The first-order valence-electron chi connectivity index (χ1n) is 7.70. The first-order chi connectivity index (χ1) is 10.6. The second-order valence-electron chi connectivity index (χ2n) is 5.51. The van der Waals surface area contributed by atoms with Crippen LogP contribution in [0, 0.1) is 11.8 Å². The molecule has 0 N–H and O–H groups in total. The van der Waals surface area contributed by atoms with Gasteiger partial charge in [-0.25, -0.2) is 4.79 Å². The van der Waals surface area contributed by atoms with Crippen molar-refractivity contribution in [2.24, 2.45) is 11.8 Å². The van der Waals surface area contributed by atoms with Gasteiger partial charge in [-0.15, -0.1) is 0 Å². The second-order valence-corrected chi connectivity index (χ2v) is 6.49.